The first-order valence-corrected chi connectivity index (χ1v) is 5.52. The summed E-state index contributed by atoms with van der Waals surface area (Å²) >= 11 is 0. The molecule has 0 bridgehead atoms. The Bertz CT molecular complexity index is 434. The maximum atomic E-state index is 11.4. The second kappa shape index (κ2) is 6.59. The molecule has 18 heavy (non-hydrogen) atoms. The summed E-state index contributed by atoms with van der Waals surface area (Å²) in [5.74, 6) is -0.0580. The molecule has 0 spiro atoms. The zero-order valence-corrected chi connectivity index (χ0v) is 10.5. The molecule has 1 aromatic carbocycles. The number of hydrogen-bond donors (Lipinski definition) is 0. The van der Waals surface area contributed by atoms with Gasteiger partial charge in [0.25, 0.3) is 0 Å². The number of benzene rings is 1. The Morgan fingerprint density at radius 2 is 1.94 bits per heavy atom. The largest absolute Gasteiger partial charge is 0.497 e. The molecular formula is C14H16O4. The summed E-state index contributed by atoms with van der Waals surface area (Å²) in [6.45, 7) is 4.96. The summed E-state index contributed by atoms with van der Waals surface area (Å²) < 4.78 is 10.2. The van der Waals surface area contributed by atoms with E-state index in [1.54, 1.807) is 31.4 Å². The fourth-order valence-electron chi connectivity index (χ4n) is 1.43. The molecule has 0 radical (unpaired) electrons. The number of ether oxygens (including phenoxy) is 2. The van der Waals surface area contributed by atoms with Gasteiger partial charge < -0.3 is 9.47 Å². The highest BCUT2D eigenvalue weighted by Gasteiger charge is 2.14. The summed E-state index contributed by atoms with van der Waals surface area (Å²) in [5, 5.41) is 0. The number of esters is 1. The third-order valence-electron chi connectivity index (χ3n) is 2.31. The maximum absolute atomic E-state index is 11.4. The Hall–Kier alpha value is -2.10. The highest BCUT2D eigenvalue weighted by molar-refractivity contribution is 5.94. The van der Waals surface area contributed by atoms with Crippen LogP contribution < -0.4 is 4.74 Å². The SMILES string of the molecule is C=C[C@H](OC(=O)CC(C)=O)c1ccc(OC)cc1. The second-order valence-corrected chi connectivity index (χ2v) is 3.80. The van der Waals surface area contributed by atoms with Crippen LogP contribution in [0.15, 0.2) is 36.9 Å². The van der Waals surface area contributed by atoms with Gasteiger partial charge in [-0.05, 0) is 30.7 Å². The molecule has 0 unspecified atom stereocenters. The lowest BCUT2D eigenvalue weighted by atomic mass is 10.1. The van der Waals surface area contributed by atoms with E-state index in [2.05, 4.69) is 6.58 Å². The van der Waals surface area contributed by atoms with Gasteiger partial charge in [0.2, 0.25) is 0 Å². The lowest BCUT2D eigenvalue weighted by molar-refractivity contribution is -0.148. The third-order valence-corrected chi connectivity index (χ3v) is 2.31. The summed E-state index contributed by atoms with van der Waals surface area (Å²) in [4.78, 5) is 22.2. The van der Waals surface area contributed by atoms with Gasteiger partial charge in [0.1, 0.15) is 24.1 Å². The quantitative estimate of drug-likeness (QED) is 0.441. The number of Topliss-reactive ketones (excluding diaryl/α,β-unsaturated/α-hetero) is 1. The van der Waals surface area contributed by atoms with Gasteiger partial charge in [-0.2, -0.15) is 0 Å². The van der Waals surface area contributed by atoms with Crippen LogP contribution in [0.3, 0.4) is 0 Å². The van der Waals surface area contributed by atoms with Crippen molar-refractivity contribution in [3.63, 3.8) is 0 Å². The second-order valence-electron chi connectivity index (χ2n) is 3.80. The molecule has 0 amide bonds. The van der Waals surface area contributed by atoms with E-state index in [9.17, 15) is 9.59 Å². The van der Waals surface area contributed by atoms with Crippen molar-refractivity contribution < 1.29 is 19.1 Å². The van der Waals surface area contributed by atoms with Crippen LogP contribution in [0.5, 0.6) is 5.75 Å². The minimum absolute atomic E-state index is 0.222. The van der Waals surface area contributed by atoms with Gasteiger partial charge in [-0.1, -0.05) is 18.7 Å². The number of methoxy groups -OCH3 is 1. The van der Waals surface area contributed by atoms with Crippen LogP contribution in [0.1, 0.15) is 25.0 Å². The Kier molecular flexibility index (Phi) is 5.11. The Balaban J connectivity index is 2.73. The predicted molar refractivity (Wildman–Crippen MR) is 67.3 cm³/mol. The van der Waals surface area contributed by atoms with Crippen LogP contribution in [-0.2, 0) is 14.3 Å². The highest BCUT2D eigenvalue weighted by Crippen LogP contribution is 2.22. The van der Waals surface area contributed by atoms with E-state index in [0.717, 1.165) is 11.3 Å². The maximum Gasteiger partial charge on any atom is 0.314 e. The van der Waals surface area contributed by atoms with Crippen molar-refractivity contribution in [2.24, 2.45) is 0 Å². The lowest BCUT2D eigenvalue weighted by Crippen LogP contribution is -2.12. The molecule has 0 saturated heterocycles. The van der Waals surface area contributed by atoms with Gasteiger partial charge in [-0.25, -0.2) is 0 Å². The zero-order chi connectivity index (χ0) is 13.5. The fraction of sp³-hybridized carbons (Fsp3) is 0.286. The Morgan fingerprint density at radius 1 is 1.33 bits per heavy atom. The smallest absolute Gasteiger partial charge is 0.314 e. The number of ketones is 1. The van der Waals surface area contributed by atoms with Gasteiger partial charge in [-0.3, -0.25) is 9.59 Å². The average Bonchev–Trinajstić information content (AvgIpc) is 2.35. The van der Waals surface area contributed by atoms with Crippen molar-refractivity contribution in [1.29, 1.82) is 0 Å². The molecule has 4 heteroatoms. The van der Waals surface area contributed by atoms with Gasteiger partial charge in [0, 0.05) is 0 Å². The molecule has 0 N–H and O–H groups in total. The van der Waals surface area contributed by atoms with Crippen LogP contribution in [0, 0.1) is 0 Å². The van der Waals surface area contributed by atoms with Crippen LogP contribution in [0.2, 0.25) is 0 Å². The average molecular weight is 248 g/mol. The Labute approximate surface area is 106 Å². The fourth-order valence-corrected chi connectivity index (χ4v) is 1.43. The zero-order valence-electron chi connectivity index (χ0n) is 10.5. The highest BCUT2D eigenvalue weighted by atomic mass is 16.5. The number of carbonyl (C=O) groups is 2. The minimum atomic E-state index is -0.553. The molecule has 1 atom stereocenters. The monoisotopic (exact) mass is 248 g/mol. The topological polar surface area (TPSA) is 52.6 Å². The van der Waals surface area contributed by atoms with Crippen molar-refractivity contribution in [1.82, 2.24) is 0 Å². The van der Waals surface area contributed by atoms with Crippen molar-refractivity contribution in [3.8, 4) is 5.75 Å². The van der Waals surface area contributed by atoms with E-state index in [-0.39, 0.29) is 12.2 Å². The summed E-state index contributed by atoms with van der Waals surface area (Å²) in [5.41, 5.74) is 0.780. The molecule has 1 rings (SSSR count). The molecule has 0 heterocycles. The Morgan fingerprint density at radius 3 is 2.39 bits per heavy atom. The molecule has 4 nitrogen and oxygen atoms in total. The predicted octanol–water partition coefficient (Wildman–Crippen LogP) is 2.44. The molecule has 0 saturated carbocycles. The van der Waals surface area contributed by atoms with E-state index in [4.69, 9.17) is 9.47 Å². The van der Waals surface area contributed by atoms with Crippen LogP contribution in [-0.4, -0.2) is 18.9 Å². The van der Waals surface area contributed by atoms with E-state index in [0.29, 0.717) is 0 Å². The van der Waals surface area contributed by atoms with Crippen LogP contribution >= 0.6 is 0 Å². The summed E-state index contributed by atoms with van der Waals surface area (Å²) in [7, 11) is 1.58. The molecule has 0 fully saturated rings. The van der Waals surface area contributed by atoms with E-state index >= 15 is 0 Å². The van der Waals surface area contributed by atoms with Crippen LogP contribution in [0.4, 0.5) is 0 Å². The first-order valence-electron chi connectivity index (χ1n) is 5.52. The van der Waals surface area contributed by atoms with E-state index in [1.807, 2.05) is 0 Å². The number of carbonyl (C=O) groups excluding carboxylic acids is 2. The van der Waals surface area contributed by atoms with Gasteiger partial charge in [-0.15, -0.1) is 0 Å². The standard InChI is InChI=1S/C14H16O4/c1-4-13(18-14(16)9-10(2)15)11-5-7-12(17-3)8-6-11/h4-8,13H,1,9H2,2-3H3/t13-/m0/s1. The third kappa shape index (κ3) is 4.05. The van der Waals surface area contributed by atoms with Crippen molar-refractivity contribution in [2.75, 3.05) is 7.11 Å². The normalized spacial score (nSPS) is 11.4. The molecule has 0 aliphatic heterocycles. The van der Waals surface area contributed by atoms with Crippen LogP contribution in [0.25, 0.3) is 0 Å². The number of hydrogen-bond acceptors (Lipinski definition) is 4. The molecule has 0 aliphatic carbocycles. The molecular weight excluding hydrogens is 232 g/mol. The molecule has 0 aromatic heterocycles. The summed E-state index contributed by atoms with van der Waals surface area (Å²) in [6, 6.07) is 7.10. The van der Waals surface area contributed by atoms with Crippen molar-refractivity contribution in [3.05, 3.63) is 42.5 Å². The minimum Gasteiger partial charge on any atom is -0.497 e. The summed E-state index contributed by atoms with van der Waals surface area (Å²) in [6.07, 6.45) is 0.739. The first-order chi connectivity index (χ1) is 8.56. The first kappa shape index (κ1) is 14.0. The van der Waals surface area contributed by atoms with Gasteiger partial charge in [0.05, 0.1) is 7.11 Å². The number of rotatable bonds is 6. The van der Waals surface area contributed by atoms with Gasteiger partial charge >= 0.3 is 5.97 Å². The van der Waals surface area contributed by atoms with E-state index in [1.165, 1.54) is 13.0 Å². The lowest BCUT2D eigenvalue weighted by Gasteiger charge is -2.14. The molecule has 1 aromatic rings. The molecule has 96 valence electrons. The van der Waals surface area contributed by atoms with E-state index < -0.39 is 12.1 Å². The van der Waals surface area contributed by atoms with Crippen molar-refractivity contribution in [2.45, 2.75) is 19.4 Å². The molecule has 0 aliphatic rings. The van der Waals surface area contributed by atoms with Crippen molar-refractivity contribution >= 4 is 11.8 Å². The van der Waals surface area contributed by atoms with Gasteiger partial charge in [0.15, 0.2) is 0 Å².